The van der Waals surface area contributed by atoms with Gasteiger partial charge < -0.3 is 13.6 Å². The molecule has 0 aliphatic carbocycles. The molecular weight excluding hydrogens is 699 g/mol. The van der Waals surface area contributed by atoms with Gasteiger partial charge in [-0.1, -0.05) is 97.1 Å². The van der Waals surface area contributed by atoms with E-state index < -0.39 is 0 Å². The molecule has 266 valence electrons. The molecule has 6 nitrogen and oxygen atoms in total. The van der Waals surface area contributed by atoms with Crippen LogP contribution in [0.15, 0.2) is 192 Å². The Kier molecular flexibility index (Phi) is 6.07. The molecule has 0 spiro atoms. The molecular formula is C51H31N5O. The summed E-state index contributed by atoms with van der Waals surface area (Å²) in [5.74, 6) is 0.823. The van der Waals surface area contributed by atoms with Crippen molar-refractivity contribution in [2.24, 2.45) is 0 Å². The Balaban J connectivity index is 0.993. The van der Waals surface area contributed by atoms with Crippen LogP contribution in [0.4, 0.5) is 0 Å². The topological polar surface area (TPSA) is 45.2 Å². The molecule has 0 atom stereocenters. The van der Waals surface area contributed by atoms with Crippen LogP contribution in [0, 0.1) is 0 Å². The summed E-state index contributed by atoms with van der Waals surface area (Å²) in [5, 5.41) is 5.99. The van der Waals surface area contributed by atoms with Gasteiger partial charge in [0.1, 0.15) is 11.1 Å². The van der Waals surface area contributed by atoms with E-state index in [1.807, 2.05) is 18.2 Å². The number of para-hydroxylation sites is 5. The number of furan rings is 1. The van der Waals surface area contributed by atoms with Gasteiger partial charge in [0, 0.05) is 44.0 Å². The Hall–Kier alpha value is -7.83. The lowest BCUT2D eigenvalue weighted by Crippen LogP contribution is -1.94. The number of hydrogen-bond donors (Lipinski definition) is 0. The van der Waals surface area contributed by atoms with Crippen molar-refractivity contribution in [2.45, 2.75) is 0 Å². The first kappa shape index (κ1) is 30.5. The number of rotatable bonds is 4. The highest BCUT2D eigenvalue weighted by molar-refractivity contribution is 6.13. The zero-order chi connectivity index (χ0) is 37.2. The summed E-state index contributed by atoms with van der Waals surface area (Å²) in [7, 11) is 0. The van der Waals surface area contributed by atoms with Crippen LogP contribution < -0.4 is 0 Å². The molecule has 57 heavy (non-hydrogen) atoms. The van der Waals surface area contributed by atoms with Crippen molar-refractivity contribution < 1.29 is 4.42 Å². The molecule has 0 N–H and O–H groups in total. The molecule has 0 radical (unpaired) electrons. The predicted octanol–water partition coefficient (Wildman–Crippen LogP) is 13.0. The fourth-order valence-electron chi connectivity index (χ4n) is 9.29. The lowest BCUT2D eigenvalue weighted by molar-refractivity contribution is 0.651. The molecule has 5 aromatic heterocycles. The molecule has 0 unspecified atom stereocenters. The molecule has 0 aliphatic heterocycles. The summed E-state index contributed by atoms with van der Waals surface area (Å²) in [6.45, 7) is 0. The van der Waals surface area contributed by atoms with Crippen LogP contribution in [-0.2, 0) is 0 Å². The molecule has 13 rings (SSSR count). The smallest absolute Gasteiger partial charge is 0.232 e. The van der Waals surface area contributed by atoms with Crippen molar-refractivity contribution in [1.29, 1.82) is 0 Å². The van der Waals surface area contributed by atoms with Gasteiger partial charge >= 0.3 is 0 Å². The summed E-state index contributed by atoms with van der Waals surface area (Å²) in [6, 6.07) is 67.1. The monoisotopic (exact) mass is 729 g/mol. The molecule has 8 aromatic carbocycles. The number of nitrogens with zero attached hydrogens (tertiary/aromatic N) is 5. The third kappa shape index (κ3) is 4.21. The van der Waals surface area contributed by atoms with E-state index in [2.05, 4.69) is 188 Å². The maximum absolute atomic E-state index is 6.56. The van der Waals surface area contributed by atoms with Gasteiger partial charge in [-0.3, -0.25) is 4.57 Å². The average Bonchev–Trinajstić information content (AvgIpc) is 4.06. The number of aromatic nitrogens is 5. The lowest BCUT2D eigenvalue weighted by atomic mass is 10.0. The van der Waals surface area contributed by atoms with Crippen molar-refractivity contribution in [3.8, 4) is 28.2 Å². The maximum Gasteiger partial charge on any atom is 0.232 e. The second kappa shape index (κ2) is 11.4. The van der Waals surface area contributed by atoms with Gasteiger partial charge in [-0.25, -0.2) is 9.38 Å². The highest BCUT2D eigenvalue weighted by atomic mass is 16.3. The van der Waals surface area contributed by atoms with Gasteiger partial charge in [0.25, 0.3) is 0 Å². The van der Waals surface area contributed by atoms with Crippen LogP contribution in [0.3, 0.4) is 0 Å². The normalized spacial score (nSPS) is 12.2. The average molecular weight is 730 g/mol. The summed E-state index contributed by atoms with van der Waals surface area (Å²) >= 11 is 0. The highest BCUT2D eigenvalue weighted by Crippen LogP contribution is 2.40. The fraction of sp³-hybridized carbons (Fsp3) is 0. The molecule has 0 fully saturated rings. The lowest BCUT2D eigenvalue weighted by Gasteiger charge is -2.09. The van der Waals surface area contributed by atoms with E-state index in [-0.39, 0.29) is 0 Å². The first-order chi connectivity index (χ1) is 28.3. The van der Waals surface area contributed by atoms with Crippen LogP contribution >= 0.6 is 0 Å². The third-order valence-corrected chi connectivity index (χ3v) is 11.8. The van der Waals surface area contributed by atoms with Crippen LogP contribution in [0.5, 0.6) is 0 Å². The van der Waals surface area contributed by atoms with Crippen molar-refractivity contribution >= 4 is 82.6 Å². The second-order valence-corrected chi connectivity index (χ2v) is 14.8. The van der Waals surface area contributed by atoms with Crippen molar-refractivity contribution in [3.05, 3.63) is 188 Å². The summed E-state index contributed by atoms with van der Waals surface area (Å²) in [4.78, 5) is 5.31. The minimum atomic E-state index is 0.789. The third-order valence-electron chi connectivity index (χ3n) is 11.8. The second-order valence-electron chi connectivity index (χ2n) is 14.8. The largest absolute Gasteiger partial charge is 0.437 e. The zero-order valence-corrected chi connectivity index (χ0v) is 30.5. The minimum Gasteiger partial charge on any atom is -0.437 e. The van der Waals surface area contributed by atoms with E-state index >= 15 is 0 Å². The summed E-state index contributed by atoms with van der Waals surface area (Å²) in [6.07, 6.45) is 0. The summed E-state index contributed by atoms with van der Waals surface area (Å²) in [5.41, 5.74) is 14.9. The molecule has 0 amide bonds. The summed E-state index contributed by atoms with van der Waals surface area (Å²) < 4.78 is 15.7. The Morgan fingerprint density at radius 3 is 1.53 bits per heavy atom. The van der Waals surface area contributed by atoms with Crippen LogP contribution in [0.25, 0.3) is 111 Å². The van der Waals surface area contributed by atoms with E-state index in [4.69, 9.17) is 9.40 Å². The van der Waals surface area contributed by atoms with Crippen LogP contribution in [0.1, 0.15) is 0 Å². The Bertz CT molecular complexity index is 3750. The minimum absolute atomic E-state index is 0.789. The van der Waals surface area contributed by atoms with E-state index in [1.54, 1.807) is 0 Å². The molecule has 0 saturated heterocycles. The molecule has 0 aliphatic rings. The highest BCUT2D eigenvalue weighted by Gasteiger charge is 2.24. The van der Waals surface area contributed by atoms with Crippen LogP contribution in [0.2, 0.25) is 0 Å². The van der Waals surface area contributed by atoms with Gasteiger partial charge in [0.05, 0.1) is 33.1 Å². The quantitative estimate of drug-likeness (QED) is 0.181. The van der Waals surface area contributed by atoms with E-state index in [9.17, 15) is 0 Å². The van der Waals surface area contributed by atoms with Gasteiger partial charge in [-0.05, 0) is 102 Å². The predicted molar refractivity (Wildman–Crippen MR) is 233 cm³/mol. The van der Waals surface area contributed by atoms with Gasteiger partial charge in [0.15, 0.2) is 0 Å². The number of fused-ring (bicyclic) bond motifs is 13. The number of benzene rings is 8. The standard InChI is InChI=1S/C51H31N5O/c1-3-13-34(14-4-1)53-43-20-10-7-17-37(43)40-29-32(23-26-45(40)53)33-24-27-46-41(30-33)38-18-8-11-21-44(38)54(46)36-25-28-47-42(31-36)52-51-55(35-15-5-2-6-16-35)49-39-19-9-12-22-48(39)57-50(49)56(47)51/h1-31H. The van der Waals surface area contributed by atoms with Crippen molar-refractivity contribution in [1.82, 2.24) is 23.1 Å². The van der Waals surface area contributed by atoms with Gasteiger partial charge in [0.2, 0.25) is 11.5 Å². The van der Waals surface area contributed by atoms with E-state index in [1.165, 1.54) is 43.7 Å². The Labute approximate surface area is 325 Å². The maximum atomic E-state index is 6.56. The molecule has 5 heterocycles. The Morgan fingerprint density at radius 1 is 0.368 bits per heavy atom. The fourth-order valence-corrected chi connectivity index (χ4v) is 9.29. The first-order valence-electron chi connectivity index (χ1n) is 19.3. The first-order valence-corrected chi connectivity index (χ1v) is 19.3. The SMILES string of the molecule is c1ccc(-n2c3ccccc3c3cc(-c4ccc5c(c4)c4ccccc4n5-c4ccc5c(c4)nc4n(-c6ccccc6)c6c7ccccc7oc6n54)ccc32)cc1. The van der Waals surface area contributed by atoms with Crippen molar-refractivity contribution in [2.75, 3.05) is 0 Å². The molecule has 0 saturated carbocycles. The number of hydrogen-bond acceptors (Lipinski definition) is 2. The van der Waals surface area contributed by atoms with E-state index in [0.29, 0.717) is 0 Å². The molecule has 0 bridgehead atoms. The molecule has 13 aromatic rings. The van der Waals surface area contributed by atoms with Gasteiger partial charge in [-0.2, -0.15) is 0 Å². The van der Waals surface area contributed by atoms with Crippen molar-refractivity contribution in [3.63, 3.8) is 0 Å². The van der Waals surface area contributed by atoms with Crippen LogP contribution in [-0.4, -0.2) is 23.1 Å². The van der Waals surface area contributed by atoms with Gasteiger partial charge in [-0.15, -0.1) is 0 Å². The number of imidazole rings is 2. The molecule has 6 heteroatoms. The van der Waals surface area contributed by atoms with E-state index in [0.717, 1.165) is 67.1 Å². The zero-order valence-electron chi connectivity index (χ0n) is 30.5. The Morgan fingerprint density at radius 2 is 0.877 bits per heavy atom.